The molecule has 0 spiro atoms. The quantitative estimate of drug-likeness (QED) is 0.916. The van der Waals surface area contributed by atoms with E-state index in [9.17, 15) is 18.0 Å². The molecule has 2 aromatic rings. The van der Waals surface area contributed by atoms with Gasteiger partial charge in [0.2, 0.25) is 0 Å². The first-order valence-electron chi connectivity index (χ1n) is 6.10. The van der Waals surface area contributed by atoms with Crippen molar-refractivity contribution < 1.29 is 18.0 Å². The standard InChI is InChI=1S/C13H10F3N3OS/c14-13(15,16)10-6-19-12(21-10)18-4-7-1-2-9-8(3-7)5-17-11(9)20/h1-3,6H,4-5H2,(H,17,20)(H,18,19). The highest BCUT2D eigenvalue weighted by Crippen LogP contribution is 2.35. The largest absolute Gasteiger partial charge is 0.427 e. The zero-order valence-electron chi connectivity index (χ0n) is 10.6. The molecule has 0 bridgehead atoms. The summed E-state index contributed by atoms with van der Waals surface area (Å²) in [6.07, 6.45) is -3.55. The van der Waals surface area contributed by atoms with Crippen molar-refractivity contribution in [3.05, 3.63) is 46.0 Å². The average Bonchev–Trinajstić information content (AvgIpc) is 3.03. The summed E-state index contributed by atoms with van der Waals surface area (Å²) < 4.78 is 37.4. The third-order valence-electron chi connectivity index (χ3n) is 3.08. The Bertz CT molecular complexity index is 696. The number of alkyl halides is 3. The van der Waals surface area contributed by atoms with Crippen LogP contribution in [-0.4, -0.2) is 10.9 Å². The second-order valence-corrected chi connectivity index (χ2v) is 5.59. The van der Waals surface area contributed by atoms with Crippen LogP contribution in [0.3, 0.4) is 0 Å². The van der Waals surface area contributed by atoms with Crippen LogP contribution >= 0.6 is 11.3 Å². The van der Waals surface area contributed by atoms with Gasteiger partial charge in [0.15, 0.2) is 5.13 Å². The maximum atomic E-state index is 12.5. The molecule has 1 aliphatic rings. The number of benzene rings is 1. The van der Waals surface area contributed by atoms with E-state index in [1.807, 2.05) is 6.07 Å². The summed E-state index contributed by atoms with van der Waals surface area (Å²) >= 11 is 0.571. The van der Waals surface area contributed by atoms with Crippen LogP contribution < -0.4 is 10.6 Å². The number of nitrogens with one attached hydrogen (secondary N) is 2. The van der Waals surface area contributed by atoms with Gasteiger partial charge in [0.05, 0.1) is 6.20 Å². The molecule has 4 nitrogen and oxygen atoms in total. The molecular formula is C13H10F3N3OS. The van der Waals surface area contributed by atoms with Gasteiger partial charge >= 0.3 is 6.18 Å². The third kappa shape index (κ3) is 2.85. The summed E-state index contributed by atoms with van der Waals surface area (Å²) in [6.45, 7) is 0.837. The minimum absolute atomic E-state index is 0.0979. The summed E-state index contributed by atoms with van der Waals surface area (Å²) in [5, 5.41) is 5.79. The van der Waals surface area contributed by atoms with Gasteiger partial charge in [-0.25, -0.2) is 4.98 Å². The monoisotopic (exact) mass is 313 g/mol. The molecule has 21 heavy (non-hydrogen) atoms. The summed E-state index contributed by atoms with van der Waals surface area (Å²) in [6, 6.07) is 5.35. The first kappa shape index (κ1) is 13.9. The second-order valence-electron chi connectivity index (χ2n) is 4.56. The number of rotatable bonds is 3. The number of hydrogen-bond acceptors (Lipinski definition) is 4. The summed E-state index contributed by atoms with van der Waals surface area (Å²) in [5.74, 6) is -0.0979. The van der Waals surface area contributed by atoms with Crippen molar-refractivity contribution in [3.63, 3.8) is 0 Å². The van der Waals surface area contributed by atoms with Gasteiger partial charge in [-0.1, -0.05) is 23.5 Å². The number of aromatic nitrogens is 1. The first-order valence-corrected chi connectivity index (χ1v) is 6.92. The molecule has 0 saturated heterocycles. The molecule has 0 saturated carbocycles. The van der Waals surface area contributed by atoms with E-state index in [0.29, 0.717) is 30.0 Å². The maximum absolute atomic E-state index is 12.5. The molecule has 0 unspecified atom stereocenters. The van der Waals surface area contributed by atoms with Crippen molar-refractivity contribution in [1.82, 2.24) is 10.3 Å². The SMILES string of the molecule is O=C1NCc2cc(CNc3ncc(C(F)(F)F)s3)ccc21. The van der Waals surface area contributed by atoms with Gasteiger partial charge in [0.25, 0.3) is 5.91 Å². The van der Waals surface area contributed by atoms with E-state index < -0.39 is 11.1 Å². The molecule has 110 valence electrons. The lowest BCUT2D eigenvalue weighted by atomic mass is 10.1. The first-order chi connectivity index (χ1) is 9.93. The predicted molar refractivity (Wildman–Crippen MR) is 72.1 cm³/mol. The van der Waals surface area contributed by atoms with Crippen molar-refractivity contribution >= 4 is 22.4 Å². The van der Waals surface area contributed by atoms with Crippen molar-refractivity contribution in [2.75, 3.05) is 5.32 Å². The fourth-order valence-electron chi connectivity index (χ4n) is 2.06. The minimum atomic E-state index is -4.36. The van der Waals surface area contributed by atoms with E-state index in [-0.39, 0.29) is 11.0 Å². The molecule has 0 fully saturated rings. The fourth-order valence-corrected chi connectivity index (χ4v) is 2.74. The van der Waals surface area contributed by atoms with Gasteiger partial charge in [-0.3, -0.25) is 4.79 Å². The van der Waals surface area contributed by atoms with Gasteiger partial charge in [0.1, 0.15) is 4.88 Å². The fraction of sp³-hybridized carbons (Fsp3) is 0.231. The van der Waals surface area contributed by atoms with Crippen LogP contribution in [0.2, 0.25) is 0 Å². The van der Waals surface area contributed by atoms with E-state index in [1.165, 1.54) is 0 Å². The van der Waals surface area contributed by atoms with E-state index in [2.05, 4.69) is 15.6 Å². The number of amides is 1. The van der Waals surface area contributed by atoms with Gasteiger partial charge in [-0.2, -0.15) is 13.2 Å². The topological polar surface area (TPSA) is 54.0 Å². The van der Waals surface area contributed by atoms with Crippen molar-refractivity contribution in [1.29, 1.82) is 0 Å². The van der Waals surface area contributed by atoms with Gasteiger partial charge in [-0.05, 0) is 17.2 Å². The molecule has 1 aliphatic heterocycles. The maximum Gasteiger partial charge on any atom is 0.427 e. The van der Waals surface area contributed by atoms with Gasteiger partial charge in [-0.15, -0.1) is 0 Å². The molecule has 2 N–H and O–H groups in total. The Labute approximate surface area is 122 Å². The third-order valence-corrected chi connectivity index (χ3v) is 4.08. The Kier molecular flexibility index (Phi) is 3.32. The number of carbonyl (C=O) groups is 1. The van der Waals surface area contributed by atoms with E-state index in [0.717, 1.165) is 17.3 Å². The number of hydrogen-bond donors (Lipinski definition) is 2. The lowest BCUT2D eigenvalue weighted by Gasteiger charge is -2.05. The van der Waals surface area contributed by atoms with Crippen LogP contribution in [0, 0.1) is 0 Å². The van der Waals surface area contributed by atoms with Crippen LogP contribution in [0.1, 0.15) is 26.4 Å². The van der Waals surface area contributed by atoms with E-state index >= 15 is 0 Å². The number of nitrogens with zero attached hydrogens (tertiary/aromatic N) is 1. The molecule has 1 aromatic heterocycles. The molecule has 8 heteroatoms. The number of thiazole rings is 1. The van der Waals surface area contributed by atoms with Gasteiger partial charge < -0.3 is 10.6 Å². The zero-order chi connectivity index (χ0) is 15.0. The van der Waals surface area contributed by atoms with Crippen LogP contribution in [0.25, 0.3) is 0 Å². The molecular weight excluding hydrogens is 303 g/mol. The van der Waals surface area contributed by atoms with E-state index in [1.54, 1.807) is 12.1 Å². The Balaban J connectivity index is 1.68. The Morgan fingerprint density at radius 1 is 1.38 bits per heavy atom. The summed E-state index contributed by atoms with van der Waals surface area (Å²) in [4.78, 5) is 14.4. The van der Waals surface area contributed by atoms with Crippen LogP contribution in [0.4, 0.5) is 18.3 Å². The highest BCUT2D eigenvalue weighted by molar-refractivity contribution is 7.15. The smallest absolute Gasteiger partial charge is 0.357 e. The number of fused-ring (bicyclic) bond motifs is 1. The Hall–Kier alpha value is -2.09. The normalized spacial score (nSPS) is 14.0. The van der Waals surface area contributed by atoms with Gasteiger partial charge in [0, 0.05) is 18.7 Å². The molecule has 0 radical (unpaired) electrons. The lowest BCUT2D eigenvalue weighted by molar-refractivity contribution is -0.134. The molecule has 1 amide bonds. The molecule has 2 heterocycles. The zero-order valence-corrected chi connectivity index (χ0v) is 11.4. The molecule has 0 aliphatic carbocycles. The number of carbonyl (C=O) groups excluding carboxylic acids is 1. The minimum Gasteiger partial charge on any atom is -0.357 e. The van der Waals surface area contributed by atoms with Crippen LogP contribution in [0.5, 0.6) is 0 Å². The lowest BCUT2D eigenvalue weighted by Crippen LogP contribution is -2.12. The molecule has 3 rings (SSSR count). The molecule has 0 atom stereocenters. The summed E-state index contributed by atoms with van der Waals surface area (Å²) in [5.41, 5.74) is 2.43. The van der Waals surface area contributed by atoms with Crippen LogP contribution in [-0.2, 0) is 19.3 Å². The van der Waals surface area contributed by atoms with Crippen molar-refractivity contribution in [2.45, 2.75) is 19.3 Å². The average molecular weight is 313 g/mol. The van der Waals surface area contributed by atoms with E-state index in [4.69, 9.17) is 0 Å². The predicted octanol–water partition coefficient (Wildman–Crippen LogP) is 3.02. The number of halogens is 3. The second kappa shape index (κ2) is 5.03. The highest BCUT2D eigenvalue weighted by atomic mass is 32.1. The van der Waals surface area contributed by atoms with Crippen molar-refractivity contribution in [3.8, 4) is 0 Å². The molecule has 1 aromatic carbocycles. The van der Waals surface area contributed by atoms with Crippen LogP contribution in [0.15, 0.2) is 24.4 Å². The Morgan fingerprint density at radius 2 is 2.19 bits per heavy atom. The highest BCUT2D eigenvalue weighted by Gasteiger charge is 2.33. The van der Waals surface area contributed by atoms with Crippen molar-refractivity contribution in [2.24, 2.45) is 0 Å². The summed E-state index contributed by atoms with van der Waals surface area (Å²) in [7, 11) is 0. The Morgan fingerprint density at radius 3 is 2.90 bits per heavy atom. The number of anilines is 1.